The number of carboxylic acids is 1. The minimum Gasteiger partial charge on any atom is -0.477 e. The van der Waals surface area contributed by atoms with E-state index in [4.69, 9.17) is 10.8 Å². The molecule has 0 aliphatic carbocycles. The molecule has 1 aromatic rings. The number of anilines is 1. The predicted octanol–water partition coefficient (Wildman–Crippen LogP) is 1.75. The summed E-state index contributed by atoms with van der Waals surface area (Å²) in [5.41, 5.74) is 5.79. The molecular weight excluding hydrogens is 182 g/mol. The maximum atomic E-state index is 10.5. The highest BCUT2D eigenvalue weighted by Gasteiger charge is 2.11. The fourth-order valence-electron chi connectivity index (χ4n) is 0.649. The van der Waals surface area contributed by atoms with E-state index in [1.165, 1.54) is 23.1 Å². The van der Waals surface area contributed by atoms with E-state index in [2.05, 4.69) is 0 Å². The Kier molecular flexibility index (Phi) is 2.41. The second-order valence-electron chi connectivity index (χ2n) is 1.86. The lowest BCUT2D eigenvalue weighted by Gasteiger charge is -1.86. The van der Waals surface area contributed by atoms with Crippen molar-refractivity contribution in [3.63, 3.8) is 0 Å². The predicted molar refractivity (Wildman–Crippen MR) is 47.5 cm³/mol. The number of rotatable bonds is 2. The van der Waals surface area contributed by atoms with Gasteiger partial charge in [0.05, 0.1) is 9.90 Å². The summed E-state index contributed by atoms with van der Waals surface area (Å²) in [6.07, 6.45) is 1.89. The van der Waals surface area contributed by atoms with E-state index in [1.807, 2.05) is 6.26 Å². The van der Waals surface area contributed by atoms with Gasteiger partial charge in [0.2, 0.25) is 0 Å². The van der Waals surface area contributed by atoms with E-state index in [9.17, 15) is 4.79 Å². The number of carbonyl (C=O) groups is 1. The molecule has 0 radical (unpaired) electrons. The monoisotopic (exact) mass is 189 g/mol. The zero-order valence-corrected chi connectivity index (χ0v) is 7.46. The number of hydrogen-bond acceptors (Lipinski definition) is 4. The molecule has 5 heteroatoms. The van der Waals surface area contributed by atoms with Crippen LogP contribution in [0.5, 0.6) is 0 Å². The van der Waals surface area contributed by atoms with E-state index in [1.54, 1.807) is 6.07 Å². The summed E-state index contributed by atoms with van der Waals surface area (Å²) in [7, 11) is 0. The van der Waals surface area contributed by atoms with Gasteiger partial charge in [0, 0.05) is 0 Å². The number of thiophene rings is 1. The molecule has 0 unspecified atom stereocenters. The SMILES string of the molecule is CSc1cc(N)c(C(=O)O)s1. The van der Waals surface area contributed by atoms with Crippen LogP contribution in [0.4, 0.5) is 5.69 Å². The van der Waals surface area contributed by atoms with Gasteiger partial charge in [-0.15, -0.1) is 23.1 Å². The summed E-state index contributed by atoms with van der Waals surface area (Å²) in [5, 5.41) is 8.60. The third kappa shape index (κ3) is 1.66. The van der Waals surface area contributed by atoms with Gasteiger partial charge < -0.3 is 10.8 Å². The van der Waals surface area contributed by atoms with Crippen molar-refractivity contribution in [3.8, 4) is 0 Å². The number of nitrogen functional groups attached to an aromatic ring is 1. The third-order valence-electron chi connectivity index (χ3n) is 1.13. The van der Waals surface area contributed by atoms with Crippen LogP contribution in [0, 0.1) is 0 Å². The van der Waals surface area contributed by atoms with E-state index < -0.39 is 5.97 Å². The Balaban J connectivity index is 3.07. The zero-order chi connectivity index (χ0) is 8.43. The molecule has 0 aliphatic heterocycles. The maximum absolute atomic E-state index is 10.5. The molecule has 0 spiro atoms. The summed E-state index contributed by atoms with van der Waals surface area (Å²) < 4.78 is 0.930. The van der Waals surface area contributed by atoms with E-state index in [0.29, 0.717) is 5.69 Å². The van der Waals surface area contributed by atoms with Crippen LogP contribution in [-0.2, 0) is 0 Å². The van der Waals surface area contributed by atoms with Crippen LogP contribution in [0.25, 0.3) is 0 Å². The largest absolute Gasteiger partial charge is 0.477 e. The van der Waals surface area contributed by atoms with Crippen molar-refractivity contribution in [2.24, 2.45) is 0 Å². The highest BCUT2D eigenvalue weighted by molar-refractivity contribution is 8.00. The molecule has 0 bridgehead atoms. The van der Waals surface area contributed by atoms with Gasteiger partial charge in [0.1, 0.15) is 4.88 Å². The Morgan fingerprint density at radius 3 is 2.73 bits per heavy atom. The van der Waals surface area contributed by atoms with Crippen LogP contribution in [0.1, 0.15) is 9.67 Å². The van der Waals surface area contributed by atoms with Crippen molar-refractivity contribution in [1.82, 2.24) is 0 Å². The number of aromatic carboxylic acids is 1. The Morgan fingerprint density at radius 2 is 2.45 bits per heavy atom. The molecule has 0 atom stereocenters. The fourth-order valence-corrected chi connectivity index (χ4v) is 2.13. The number of thioether (sulfide) groups is 1. The van der Waals surface area contributed by atoms with Crippen molar-refractivity contribution in [3.05, 3.63) is 10.9 Å². The van der Waals surface area contributed by atoms with Crippen molar-refractivity contribution in [2.75, 3.05) is 12.0 Å². The lowest BCUT2D eigenvalue weighted by Crippen LogP contribution is -1.96. The molecule has 1 aromatic heterocycles. The normalized spacial score (nSPS) is 9.91. The van der Waals surface area contributed by atoms with Crippen molar-refractivity contribution >= 4 is 34.8 Å². The molecule has 0 aromatic carbocycles. The van der Waals surface area contributed by atoms with Crippen LogP contribution in [0.2, 0.25) is 0 Å². The average molecular weight is 189 g/mol. The average Bonchev–Trinajstić information content (AvgIpc) is 2.30. The molecule has 0 saturated heterocycles. The summed E-state index contributed by atoms with van der Waals surface area (Å²) in [5.74, 6) is -0.951. The van der Waals surface area contributed by atoms with Crippen LogP contribution < -0.4 is 5.73 Å². The molecule has 11 heavy (non-hydrogen) atoms. The van der Waals surface area contributed by atoms with Crippen LogP contribution >= 0.6 is 23.1 Å². The second-order valence-corrected chi connectivity index (χ2v) is 4.02. The van der Waals surface area contributed by atoms with Gasteiger partial charge in [-0.2, -0.15) is 0 Å². The van der Waals surface area contributed by atoms with Gasteiger partial charge in [-0.25, -0.2) is 4.79 Å². The van der Waals surface area contributed by atoms with Crippen LogP contribution in [-0.4, -0.2) is 17.3 Å². The molecule has 3 nitrogen and oxygen atoms in total. The Morgan fingerprint density at radius 1 is 1.82 bits per heavy atom. The molecule has 0 saturated carbocycles. The molecule has 1 rings (SSSR count). The van der Waals surface area contributed by atoms with Crippen molar-refractivity contribution in [1.29, 1.82) is 0 Å². The standard InChI is InChI=1S/C6H7NO2S2/c1-10-4-2-3(7)5(11-4)6(8)9/h2H,7H2,1H3,(H,8,9). The van der Waals surface area contributed by atoms with Gasteiger partial charge >= 0.3 is 5.97 Å². The van der Waals surface area contributed by atoms with Gasteiger partial charge in [-0.1, -0.05) is 0 Å². The first kappa shape index (κ1) is 8.42. The van der Waals surface area contributed by atoms with Crippen LogP contribution in [0.3, 0.4) is 0 Å². The Bertz CT molecular complexity index is 282. The van der Waals surface area contributed by atoms with Crippen molar-refractivity contribution < 1.29 is 9.90 Å². The molecule has 0 aliphatic rings. The minimum absolute atomic E-state index is 0.231. The highest BCUT2D eigenvalue weighted by Crippen LogP contribution is 2.30. The summed E-state index contributed by atoms with van der Waals surface area (Å²) in [4.78, 5) is 10.7. The summed E-state index contributed by atoms with van der Waals surface area (Å²) in [6.45, 7) is 0. The first-order chi connectivity index (χ1) is 5.15. The van der Waals surface area contributed by atoms with Crippen molar-refractivity contribution in [2.45, 2.75) is 4.21 Å². The smallest absolute Gasteiger partial charge is 0.348 e. The molecule has 60 valence electrons. The van der Waals surface area contributed by atoms with Gasteiger partial charge in [0.15, 0.2) is 0 Å². The fraction of sp³-hybridized carbons (Fsp3) is 0.167. The zero-order valence-electron chi connectivity index (χ0n) is 5.83. The Labute approximate surface area is 72.2 Å². The minimum atomic E-state index is -0.951. The van der Waals surface area contributed by atoms with E-state index >= 15 is 0 Å². The first-order valence-electron chi connectivity index (χ1n) is 2.81. The van der Waals surface area contributed by atoms with E-state index in [0.717, 1.165) is 4.21 Å². The molecule has 0 fully saturated rings. The lowest BCUT2D eigenvalue weighted by molar-refractivity contribution is 0.0703. The molecule has 1 heterocycles. The quantitative estimate of drug-likeness (QED) is 0.696. The number of nitrogens with two attached hydrogens (primary N) is 1. The van der Waals surface area contributed by atoms with Gasteiger partial charge in [-0.3, -0.25) is 0 Å². The first-order valence-corrected chi connectivity index (χ1v) is 4.86. The summed E-state index contributed by atoms with van der Waals surface area (Å²) >= 11 is 2.70. The molecule has 3 N–H and O–H groups in total. The number of hydrogen-bond donors (Lipinski definition) is 2. The van der Waals surface area contributed by atoms with E-state index in [-0.39, 0.29) is 4.88 Å². The van der Waals surface area contributed by atoms with Crippen LogP contribution in [0.15, 0.2) is 10.3 Å². The Hall–Kier alpha value is -0.680. The summed E-state index contributed by atoms with van der Waals surface area (Å²) in [6, 6.07) is 1.68. The molecule has 0 amide bonds. The maximum Gasteiger partial charge on any atom is 0.348 e. The molecular formula is C6H7NO2S2. The topological polar surface area (TPSA) is 63.3 Å². The lowest BCUT2D eigenvalue weighted by atomic mass is 10.4. The third-order valence-corrected chi connectivity index (χ3v) is 3.34. The number of carboxylic acid groups (broad SMARTS) is 1. The van der Waals surface area contributed by atoms with Gasteiger partial charge in [-0.05, 0) is 12.3 Å². The highest BCUT2D eigenvalue weighted by atomic mass is 32.2. The van der Waals surface area contributed by atoms with Gasteiger partial charge in [0.25, 0.3) is 0 Å². The second kappa shape index (κ2) is 3.15.